The number of ether oxygens (including phenoxy) is 11. The molecule has 4 aliphatic rings. The molecule has 0 aromatic carbocycles. The minimum atomic E-state index is -1.78. The van der Waals surface area contributed by atoms with E-state index in [-0.39, 0.29) is 25.4 Å². The van der Waals surface area contributed by atoms with Crippen LogP contribution in [0.4, 0.5) is 0 Å². The Balaban J connectivity index is 1.79. The first kappa shape index (κ1) is 66.9. The zero-order valence-corrected chi connectivity index (χ0v) is 46.7. The smallest absolute Gasteiger partial charge is 0.306 e. The maximum absolute atomic E-state index is 13.8. The third kappa shape index (κ3) is 20.8. The van der Waals surface area contributed by atoms with Gasteiger partial charge < -0.3 is 97.8 Å². The molecule has 0 aromatic heterocycles. The van der Waals surface area contributed by atoms with Crippen molar-refractivity contribution in [1.29, 1.82) is 0 Å². The third-order valence-electron chi connectivity index (χ3n) is 14.9. The average Bonchev–Trinajstić information content (AvgIpc) is 3.39. The molecule has 21 nitrogen and oxygen atoms in total. The molecule has 446 valence electrons. The van der Waals surface area contributed by atoms with Gasteiger partial charge >= 0.3 is 5.97 Å². The van der Waals surface area contributed by atoms with E-state index < -0.39 is 148 Å². The summed E-state index contributed by atoms with van der Waals surface area (Å²) in [6.45, 7) is 11.8. The fourth-order valence-corrected chi connectivity index (χ4v) is 10.1. The Kier molecular flexibility index (Phi) is 31.7. The summed E-state index contributed by atoms with van der Waals surface area (Å²) in [5, 5.41) is 89.2. The number of Topliss-reactive ketones (excluding diaryl/α,β-unsaturated/α-hetero) is 1. The van der Waals surface area contributed by atoms with Gasteiger partial charge in [-0.2, -0.15) is 0 Å². The number of carbonyl (C=O) groups is 2. The van der Waals surface area contributed by atoms with Crippen LogP contribution in [0.3, 0.4) is 0 Å². The van der Waals surface area contributed by atoms with E-state index >= 15 is 0 Å². The Morgan fingerprint density at radius 1 is 0.461 bits per heavy atom. The van der Waals surface area contributed by atoms with E-state index in [0.29, 0.717) is 44.9 Å². The van der Waals surface area contributed by atoms with Crippen LogP contribution in [0.2, 0.25) is 0 Å². The molecule has 0 radical (unpaired) electrons. The van der Waals surface area contributed by atoms with Crippen LogP contribution in [0.1, 0.15) is 183 Å². The summed E-state index contributed by atoms with van der Waals surface area (Å²) in [6, 6.07) is 0. The van der Waals surface area contributed by atoms with Gasteiger partial charge in [0.1, 0.15) is 79.0 Å². The van der Waals surface area contributed by atoms with E-state index in [9.17, 15) is 50.4 Å². The molecule has 4 heterocycles. The van der Waals surface area contributed by atoms with Crippen LogP contribution in [0, 0.1) is 0 Å². The lowest BCUT2D eigenvalue weighted by Crippen LogP contribution is -2.68. The molecule has 21 unspecified atom stereocenters. The van der Waals surface area contributed by atoms with Crippen molar-refractivity contribution in [2.75, 3.05) is 26.4 Å². The number of hydrogen-bond acceptors (Lipinski definition) is 21. The van der Waals surface area contributed by atoms with E-state index in [1.54, 1.807) is 20.8 Å². The highest BCUT2D eigenvalue weighted by Gasteiger charge is 2.57. The van der Waals surface area contributed by atoms with Crippen molar-refractivity contribution in [1.82, 2.24) is 0 Å². The molecule has 0 bridgehead atoms. The predicted octanol–water partition coefficient (Wildman–Crippen LogP) is 4.16. The number of carbonyl (C=O) groups excluding carboxylic acids is 2. The minimum Gasteiger partial charge on any atom is -0.456 e. The maximum atomic E-state index is 13.8. The van der Waals surface area contributed by atoms with E-state index in [1.165, 1.54) is 13.3 Å². The van der Waals surface area contributed by atoms with Crippen molar-refractivity contribution >= 4 is 11.8 Å². The molecule has 0 aromatic rings. The van der Waals surface area contributed by atoms with E-state index in [4.69, 9.17) is 52.1 Å². The van der Waals surface area contributed by atoms with Crippen LogP contribution in [-0.2, 0) is 61.7 Å². The van der Waals surface area contributed by atoms with Gasteiger partial charge in [0, 0.05) is 26.1 Å². The van der Waals surface area contributed by atoms with Gasteiger partial charge in [0.15, 0.2) is 37.4 Å². The molecular weight excluding hydrogens is 997 g/mol. The molecule has 0 saturated carbocycles. The number of esters is 1. The molecule has 4 aliphatic heterocycles. The number of aliphatic hydroxyl groups is 8. The summed E-state index contributed by atoms with van der Waals surface area (Å²) < 4.78 is 70.1. The highest BCUT2D eigenvalue weighted by atomic mass is 16.8. The lowest BCUT2D eigenvalue weighted by atomic mass is 9.95. The summed E-state index contributed by atoms with van der Waals surface area (Å²) >= 11 is 0. The largest absolute Gasteiger partial charge is 0.456 e. The highest BCUT2D eigenvalue weighted by Crippen LogP contribution is 2.38. The first-order chi connectivity index (χ1) is 36.5. The Bertz CT molecular complexity index is 1560. The summed E-state index contributed by atoms with van der Waals surface area (Å²) in [4.78, 5) is 25.3. The van der Waals surface area contributed by atoms with Gasteiger partial charge in [0.25, 0.3) is 0 Å². The molecule has 4 fully saturated rings. The SMILES string of the molecule is CCCCCCCCCC(CCCCCCCC(C)=O)OC1OC(CO)C(O)C(O)C1OC1OC(COC2OC(C)C(O)C(O)C2O)C(OCCCC)C(OC(=O)CCC)C1OC1OC(C)C(O)C(OCCCC)C1O. The summed E-state index contributed by atoms with van der Waals surface area (Å²) in [6.07, 6.45) is -12.6. The lowest BCUT2D eigenvalue weighted by molar-refractivity contribution is -0.400. The third-order valence-corrected chi connectivity index (χ3v) is 14.9. The Hall–Kier alpha value is -1.58. The number of hydrogen-bond donors (Lipinski definition) is 8. The molecule has 21 atom stereocenters. The lowest BCUT2D eigenvalue weighted by Gasteiger charge is -2.50. The zero-order valence-electron chi connectivity index (χ0n) is 46.7. The second-order valence-corrected chi connectivity index (χ2v) is 21.4. The first-order valence-electron chi connectivity index (χ1n) is 29.0. The summed E-state index contributed by atoms with van der Waals surface area (Å²) in [5.41, 5.74) is 0. The van der Waals surface area contributed by atoms with Gasteiger partial charge in [0.2, 0.25) is 0 Å². The molecule has 0 amide bonds. The monoisotopic (exact) mass is 1100 g/mol. The number of aliphatic hydroxyl groups excluding tert-OH is 8. The maximum Gasteiger partial charge on any atom is 0.306 e. The molecule has 76 heavy (non-hydrogen) atoms. The summed E-state index contributed by atoms with van der Waals surface area (Å²) in [7, 11) is 0. The second kappa shape index (κ2) is 36.0. The molecule has 21 heteroatoms. The topological polar surface area (TPSA) is 298 Å². The van der Waals surface area contributed by atoms with Crippen molar-refractivity contribution in [3.8, 4) is 0 Å². The standard InChI is InChI=1S/C55H100O21/c1-8-12-15-16-17-20-23-27-36(28-24-21-18-19-22-26-33(5)57)71-54-49(44(63)42(61)37(31-56)72-54)75-55-51(76-53-46(65)48(67-30-14-10-3)41(60)35(7)70-53)50(74-39(58)25-11-4)47(66-29-13-9-2)38(73-55)32-68-52-45(64)43(62)40(59)34(6)69-52/h34-38,40-56,59-65H,8-32H2,1-7H3. The van der Waals surface area contributed by atoms with E-state index in [2.05, 4.69) is 6.92 Å². The van der Waals surface area contributed by atoms with Crippen LogP contribution in [0.25, 0.3) is 0 Å². The molecule has 0 aliphatic carbocycles. The van der Waals surface area contributed by atoms with Gasteiger partial charge in [-0.3, -0.25) is 4.79 Å². The second-order valence-electron chi connectivity index (χ2n) is 21.4. The van der Waals surface area contributed by atoms with Crippen molar-refractivity contribution < 1.29 is 103 Å². The number of ketones is 1. The fourth-order valence-electron chi connectivity index (χ4n) is 10.1. The van der Waals surface area contributed by atoms with Crippen LogP contribution in [0.15, 0.2) is 0 Å². The van der Waals surface area contributed by atoms with Crippen LogP contribution >= 0.6 is 0 Å². The van der Waals surface area contributed by atoms with E-state index in [0.717, 1.165) is 77.0 Å². The van der Waals surface area contributed by atoms with Crippen molar-refractivity contribution in [3.63, 3.8) is 0 Å². The molecule has 4 saturated heterocycles. The normalized spacial score (nSPS) is 36.5. The average molecular weight is 1100 g/mol. The van der Waals surface area contributed by atoms with Gasteiger partial charge in [-0.1, -0.05) is 111 Å². The van der Waals surface area contributed by atoms with Crippen LogP contribution in [-0.4, -0.2) is 208 Å². The van der Waals surface area contributed by atoms with Crippen LogP contribution < -0.4 is 0 Å². The van der Waals surface area contributed by atoms with Gasteiger partial charge in [-0.05, 0) is 59.3 Å². The van der Waals surface area contributed by atoms with Gasteiger partial charge in [-0.15, -0.1) is 0 Å². The Labute approximate surface area is 451 Å². The first-order valence-corrected chi connectivity index (χ1v) is 29.0. The van der Waals surface area contributed by atoms with Crippen molar-refractivity contribution in [2.24, 2.45) is 0 Å². The minimum absolute atomic E-state index is 0.0316. The van der Waals surface area contributed by atoms with Gasteiger partial charge in [-0.25, -0.2) is 0 Å². The predicted molar refractivity (Wildman–Crippen MR) is 275 cm³/mol. The van der Waals surface area contributed by atoms with Crippen LogP contribution in [0.5, 0.6) is 0 Å². The Morgan fingerprint density at radius 3 is 1.62 bits per heavy atom. The van der Waals surface area contributed by atoms with Gasteiger partial charge in [0.05, 0.1) is 31.5 Å². The molecule has 4 rings (SSSR count). The molecular formula is C55H100O21. The highest BCUT2D eigenvalue weighted by molar-refractivity contribution is 5.75. The molecule has 0 spiro atoms. The number of unbranched alkanes of at least 4 members (excludes halogenated alkanes) is 12. The number of rotatable bonds is 37. The quantitative estimate of drug-likeness (QED) is 0.0320. The fraction of sp³-hybridized carbons (Fsp3) is 0.964. The molecule has 8 N–H and O–H groups in total. The summed E-state index contributed by atoms with van der Waals surface area (Å²) in [5.74, 6) is -0.497. The van der Waals surface area contributed by atoms with E-state index in [1.807, 2.05) is 13.8 Å². The Morgan fingerprint density at radius 2 is 1.01 bits per heavy atom. The zero-order chi connectivity index (χ0) is 55.7. The van der Waals surface area contributed by atoms with Crippen molar-refractivity contribution in [2.45, 2.75) is 312 Å². The van der Waals surface area contributed by atoms with Crippen molar-refractivity contribution in [3.05, 3.63) is 0 Å².